The first-order chi connectivity index (χ1) is 31.1. The van der Waals surface area contributed by atoms with Crippen LogP contribution in [0.5, 0.6) is 0 Å². The zero-order valence-electron chi connectivity index (χ0n) is 40.5. The number of imide groups is 2. The van der Waals surface area contributed by atoms with Crippen LogP contribution in [0.1, 0.15) is 108 Å². The number of nitrogens with zero attached hydrogens (tertiary/aromatic N) is 1. The van der Waals surface area contributed by atoms with Crippen molar-refractivity contribution in [2.75, 3.05) is 14.1 Å². The van der Waals surface area contributed by atoms with Gasteiger partial charge in [0, 0.05) is 43.6 Å². The zero-order valence-corrected chi connectivity index (χ0v) is 45.0. The smallest absolute Gasteiger partial charge is 0.414 e. The molecule has 15 atom stereocenters. The molecule has 1 unspecified atom stereocenters. The van der Waals surface area contributed by atoms with E-state index in [-0.39, 0.29) is 42.9 Å². The van der Waals surface area contributed by atoms with Gasteiger partial charge < -0.3 is 42.8 Å². The third-order valence-corrected chi connectivity index (χ3v) is 13.4. The lowest BCUT2D eigenvalue weighted by molar-refractivity contribution is -0.290. The van der Waals surface area contributed by atoms with Crippen molar-refractivity contribution < 1.29 is 71.5 Å². The van der Waals surface area contributed by atoms with Crippen LogP contribution in [-0.2, 0) is 61.9 Å². The first-order valence-corrected chi connectivity index (χ1v) is 24.5. The van der Waals surface area contributed by atoms with Gasteiger partial charge in [0.2, 0.25) is 0 Å². The fraction of sp³-hybridized carbons (Fsp3) is 0.795. The maximum absolute atomic E-state index is 14.8. The van der Waals surface area contributed by atoms with Crippen LogP contribution in [-0.4, -0.2) is 135 Å². The molecular weight excluding hydrogens is 1020 g/mol. The minimum Gasteiger partial charge on any atom is -0.460 e. The van der Waals surface area contributed by atoms with Crippen molar-refractivity contribution in [2.24, 2.45) is 23.7 Å². The molecule has 2 N–H and O–H groups in total. The molecule has 0 saturated carbocycles. The molecule has 0 aromatic rings. The Kier molecular flexibility index (Phi) is 21.6. The largest absolute Gasteiger partial charge is 0.460 e. The Hall–Kier alpha value is -2.23. The summed E-state index contributed by atoms with van der Waals surface area (Å²) in [5, 5.41) is 3.77. The highest BCUT2D eigenvalue weighted by atomic mass is 35.6. The van der Waals surface area contributed by atoms with Gasteiger partial charge in [0.1, 0.15) is 23.9 Å². The van der Waals surface area contributed by atoms with Crippen molar-refractivity contribution in [3.8, 4) is 0 Å². The maximum atomic E-state index is 14.8. The highest BCUT2D eigenvalue weighted by Gasteiger charge is 2.53. The van der Waals surface area contributed by atoms with Crippen molar-refractivity contribution in [3.63, 3.8) is 0 Å². The Morgan fingerprint density at radius 1 is 0.809 bits per heavy atom. The first-order valence-electron chi connectivity index (χ1n) is 22.2. The number of amides is 4. The molecule has 0 radical (unpaired) electrons. The third-order valence-electron chi connectivity index (χ3n) is 12.4. The van der Waals surface area contributed by atoms with E-state index in [4.69, 9.17) is 108 Å². The van der Waals surface area contributed by atoms with Crippen LogP contribution in [0.15, 0.2) is 11.6 Å². The normalized spacial score (nSPS) is 36.5. The molecule has 4 amide bonds. The van der Waals surface area contributed by atoms with Gasteiger partial charge in [-0.2, -0.15) is 0 Å². The van der Waals surface area contributed by atoms with Gasteiger partial charge in [-0.15, -0.1) is 0 Å². The van der Waals surface area contributed by atoms with Gasteiger partial charge in [0.15, 0.2) is 24.0 Å². The lowest BCUT2D eigenvalue weighted by Crippen LogP contribution is -2.59. The van der Waals surface area contributed by atoms with Gasteiger partial charge in [-0.3, -0.25) is 34.6 Å². The number of hydrogen-bond acceptors (Lipinski definition) is 16. The van der Waals surface area contributed by atoms with Crippen LogP contribution in [0.3, 0.4) is 0 Å². The van der Waals surface area contributed by atoms with Crippen LogP contribution in [0.25, 0.3) is 0 Å². The second-order valence-electron chi connectivity index (χ2n) is 18.6. The predicted octanol–water partition coefficient (Wildman–Crippen LogP) is 7.83. The summed E-state index contributed by atoms with van der Waals surface area (Å²) in [5.74, 6) is -8.26. The van der Waals surface area contributed by atoms with E-state index in [0.717, 1.165) is 0 Å². The molecule has 24 heteroatoms. The molecule has 3 aliphatic rings. The van der Waals surface area contributed by atoms with E-state index < -0.39 is 121 Å². The van der Waals surface area contributed by atoms with Gasteiger partial charge in [0.25, 0.3) is 19.4 Å². The number of nitrogens with one attached hydrogen (secondary N) is 2. The Bertz CT molecular complexity index is 1870. The maximum Gasteiger partial charge on any atom is 0.414 e. The molecule has 68 heavy (non-hydrogen) atoms. The number of carbonyl (C=O) groups is 7. The molecule has 2 saturated heterocycles. The average Bonchev–Trinajstić information content (AvgIpc) is 3.19. The van der Waals surface area contributed by atoms with Crippen molar-refractivity contribution in [2.45, 2.75) is 182 Å². The third kappa shape index (κ3) is 16.4. The zero-order chi connectivity index (χ0) is 52.0. The van der Waals surface area contributed by atoms with E-state index in [2.05, 4.69) is 0 Å². The Labute approximate surface area is 427 Å². The predicted molar refractivity (Wildman–Crippen MR) is 252 cm³/mol. The molecule has 0 spiro atoms. The standard InChI is InChI=1S/C44H65Cl6N3O15/c1-14-29-41(10,67-39(59)51-37(57)43(45,46)47)18-21(3)32(55)22(4)19-42(11,68-40(60)52-38(58)44(48,49)50)35(66-31-17-28(53(12)13)16-23(5)61-31)24(6)34(25(7)36(56)64-29)65-30-15-20(2)33(26(8)62-30)63-27(9)54/h18,20,22-26,28-31,33-35H,14-17,19H2,1-13H3,(H,51,57,59)(H,52,58,60)/b21-18+/t20-,22+,23+,24-,25+,26-,28-,29+,30?,31-,33+,34-,35+,41-,42+/m0/s1. The summed E-state index contributed by atoms with van der Waals surface area (Å²) < 4.78 is 44.9. The fourth-order valence-corrected chi connectivity index (χ4v) is 9.43. The van der Waals surface area contributed by atoms with Crippen molar-refractivity contribution in [1.82, 2.24) is 15.5 Å². The highest BCUT2D eigenvalue weighted by Crippen LogP contribution is 2.42. The fourth-order valence-electron chi connectivity index (χ4n) is 9.15. The molecule has 3 aliphatic heterocycles. The number of carbonyl (C=O) groups excluding carboxylic acids is 7. The number of hydrogen-bond donors (Lipinski definition) is 2. The van der Waals surface area contributed by atoms with Gasteiger partial charge in [-0.05, 0) is 86.5 Å². The molecule has 2 fully saturated rings. The van der Waals surface area contributed by atoms with Gasteiger partial charge in [0.05, 0.1) is 24.2 Å². The Morgan fingerprint density at radius 3 is 1.85 bits per heavy atom. The number of allylic oxidation sites excluding steroid dienone is 1. The van der Waals surface area contributed by atoms with Crippen LogP contribution < -0.4 is 10.6 Å². The van der Waals surface area contributed by atoms with E-state index in [9.17, 15) is 33.6 Å². The number of alkyl halides is 6. The molecule has 0 aromatic carbocycles. The van der Waals surface area contributed by atoms with Crippen molar-refractivity contribution >= 4 is 111 Å². The van der Waals surface area contributed by atoms with E-state index in [1.165, 1.54) is 40.7 Å². The summed E-state index contributed by atoms with van der Waals surface area (Å²) in [5.41, 5.74) is -3.91. The number of cyclic esters (lactones) is 1. The van der Waals surface area contributed by atoms with E-state index >= 15 is 0 Å². The van der Waals surface area contributed by atoms with Crippen LogP contribution in [0.2, 0.25) is 0 Å². The lowest BCUT2D eigenvalue weighted by atomic mass is 9.76. The number of rotatable bonds is 9. The molecule has 3 heterocycles. The number of halogens is 6. The first kappa shape index (κ1) is 60.1. The summed E-state index contributed by atoms with van der Waals surface area (Å²) >= 11 is 34.5. The molecular formula is C44H65Cl6N3O15. The molecule has 0 aliphatic carbocycles. The van der Waals surface area contributed by atoms with Crippen molar-refractivity contribution in [1.29, 1.82) is 0 Å². The van der Waals surface area contributed by atoms with E-state index in [1.807, 2.05) is 43.5 Å². The summed E-state index contributed by atoms with van der Waals surface area (Å²) in [6.07, 6.45) is -8.18. The SMILES string of the molecule is CC[C@H]1OC(=O)[C@H](C)[C@@H](OC2C[C@H](C)[C@@H](OC(C)=O)[C@H](C)O2)[C@H](C)[C@@H](O[C@H]2C[C@@H](N(C)C)C[C@@H](C)O2)[C@](C)(OC(=O)NC(=O)C(Cl)(Cl)Cl)C[C@@H](C)C(=O)/C(C)=C/[C@]1(C)OC(=O)NC(=O)C(Cl)(Cl)Cl. The molecule has 0 aromatic heterocycles. The minimum atomic E-state index is -2.58. The number of ketones is 1. The molecule has 0 bridgehead atoms. The van der Waals surface area contributed by atoms with Gasteiger partial charge in [-0.25, -0.2) is 9.59 Å². The number of alkyl carbamates (subject to hydrolysis) is 2. The second kappa shape index (κ2) is 24.5. The average molecular weight is 1090 g/mol. The summed E-state index contributed by atoms with van der Waals surface area (Å²) in [6, 6.07) is -0.0296. The van der Waals surface area contributed by atoms with Crippen LogP contribution in [0, 0.1) is 23.7 Å². The monoisotopic (exact) mass is 1090 g/mol. The van der Waals surface area contributed by atoms with Gasteiger partial charge >= 0.3 is 24.1 Å². The van der Waals surface area contributed by atoms with E-state index in [0.29, 0.717) is 12.8 Å². The molecule has 388 valence electrons. The summed E-state index contributed by atoms with van der Waals surface area (Å²) in [6.45, 7) is 17.4. The Balaban J connectivity index is 2.36. The quantitative estimate of drug-likeness (QED) is 0.128. The van der Waals surface area contributed by atoms with Crippen LogP contribution in [0.4, 0.5) is 9.59 Å². The van der Waals surface area contributed by atoms with Gasteiger partial charge in [-0.1, -0.05) is 97.3 Å². The number of esters is 2. The van der Waals surface area contributed by atoms with E-state index in [1.54, 1.807) is 27.7 Å². The van der Waals surface area contributed by atoms with Crippen molar-refractivity contribution in [3.05, 3.63) is 11.6 Å². The number of Topliss-reactive ketones (excluding diaryl/α,β-unsaturated/α-hetero) is 1. The topological polar surface area (TPSA) is 221 Å². The summed E-state index contributed by atoms with van der Waals surface area (Å²) in [7, 11) is 3.83. The Morgan fingerprint density at radius 2 is 1.35 bits per heavy atom. The van der Waals surface area contributed by atoms with Crippen LogP contribution >= 0.6 is 69.6 Å². The molecule has 18 nitrogen and oxygen atoms in total. The minimum absolute atomic E-state index is 0.00252. The molecule has 3 rings (SSSR count). The summed E-state index contributed by atoms with van der Waals surface area (Å²) in [4.78, 5) is 95.8. The highest BCUT2D eigenvalue weighted by molar-refractivity contribution is 6.77. The lowest BCUT2D eigenvalue weighted by Gasteiger charge is -2.48. The second-order valence-corrected chi connectivity index (χ2v) is 23.2. The number of ether oxygens (including phenoxy) is 8.